The number of nitrogens with zero attached hydrogens (tertiary/aromatic N) is 3. The maximum Gasteiger partial charge on any atom is 0.220 e. The summed E-state index contributed by atoms with van der Waals surface area (Å²) in [6.07, 6.45) is 6.04. The molecule has 2 aliphatic rings. The van der Waals surface area contributed by atoms with E-state index in [1.807, 2.05) is 17.9 Å². The van der Waals surface area contributed by atoms with Crippen molar-refractivity contribution in [3.63, 3.8) is 0 Å². The van der Waals surface area contributed by atoms with E-state index in [0.29, 0.717) is 11.8 Å². The molecule has 104 valence electrons. The molecule has 0 radical (unpaired) electrons. The first-order chi connectivity index (χ1) is 9.17. The number of likely N-dealkylation sites (tertiary alicyclic amines) is 1. The largest absolute Gasteiger partial charge is 0.356 e. The first-order valence-electron chi connectivity index (χ1n) is 7.13. The summed E-state index contributed by atoms with van der Waals surface area (Å²) in [6.45, 7) is 4.12. The maximum atomic E-state index is 11.3. The van der Waals surface area contributed by atoms with Gasteiger partial charge in [0, 0.05) is 32.8 Å². The third-order valence-electron chi connectivity index (χ3n) is 4.77. The van der Waals surface area contributed by atoms with Crippen molar-refractivity contribution in [3.05, 3.63) is 18.0 Å². The topological polar surface area (TPSA) is 50.2 Å². The fourth-order valence-corrected chi connectivity index (χ4v) is 3.24. The van der Waals surface area contributed by atoms with Gasteiger partial charge in [-0.1, -0.05) is 0 Å². The molecule has 0 atom stereocenters. The van der Waals surface area contributed by atoms with Crippen molar-refractivity contribution in [2.24, 2.45) is 12.5 Å². The van der Waals surface area contributed by atoms with Crippen LogP contribution in [0.5, 0.6) is 0 Å². The van der Waals surface area contributed by atoms with Crippen molar-refractivity contribution >= 4 is 5.91 Å². The van der Waals surface area contributed by atoms with Gasteiger partial charge in [-0.2, -0.15) is 5.10 Å². The zero-order valence-electron chi connectivity index (χ0n) is 11.6. The maximum absolute atomic E-state index is 11.3. The Morgan fingerprint density at radius 2 is 2.16 bits per heavy atom. The number of rotatable bonds is 2. The van der Waals surface area contributed by atoms with Crippen LogP contribution in [0.1, 0.15) is 31.4 Å². The van der Waals surface area contributed by atoms with Gasteiger partial charge < -0.3 is 5.32 Å². The predicted octanol–water partition coefficient (Wildman–Crippen LogP) is 0.912. The fourth-order valence-electron chi connectivity index (χ4n) is 3.24. The molecule has 3 heterocycles. The Bertz CT molecular complexity index is 448. The van der Waals surface area contributed by atoms with Crippen molar-refractivity contribution < 1.29 is 4.79 Å². The van der Waals surface area contributed by atoms with Gasteiger partial charge in [-0.25, -0.2) is 0 Å². The molecular formula is C14H22N4O. The van der Waals surface area contributed by atoms with Crippen LogP contribution < -0.4 is 5.32 Å². The van der Waals surface area contributed by atoms with Gasteiger partial charge in [0.25, 0.3) is 0 Å². The van der Waals surface area contributed by atoms with Gasteiger partial charge in [0.05, 0.1) is 5.69 Å². The Morgan fingerprint density at radius 1 is 1.37 bits per heavy atom. The van der Waals surface area contributed by atoms with Crippen molar-refractivity contribution in [2.45, 2.75) is 32.2 Å². The molecule has 19 heavy (non-hydrogen) atoms. The van der Waals surface area contributed by atoms with Gasteiger partial charge in [-0.15, -0.1) is 0 Å². The summed E-state index contributed by atoms with van der Waals surface area (Å²) < 4.78 is 1.95. The zero-order chi connectivity index (χ0) is 13.3. The lowest BCUT2D eigenvalue weighted by atomic mass is 9.73. The molecule has 5 heteroatoms. The minimum atomic E-state index is 0.225. The molecule has 1 amide bonds. The highest BCUT2D eigenvalue weighted by atomic mass is 16.1. The van der Waals surface area contributed by atoms with Gasteiger partial charge >= 0.3 is 0 Å². The standard InChI is InChI=1S/C14H22N4O/c1-17-12(3-7-16-17)10-18-8-5-14(6-9-18)4-2-13(19)15-11-14/h3,7H,2,4-6,8-11H2,1H3,(H,15,19). The van der Waals surface area contributed by atoms with Gasteiger partial charge in [0.15, 0.2) is 0 Å². The number of amides is 1. The summed E-state index contributed by atoms with van der Waals surface area (Å²) in [5, 5.41) is 7.26. The predicted molar refractivity (Wildman–Crippen MR) is 72.4 cm³/mol. The molecule has 2 saturated heterocycles. The monoisotopic (exact) mass is 262 g/mol. The van der Waals surface area contributed by atoms with E-state index in [1.54, 1.807) is 0 Å². The van der Waals surface area contributed by atoms with Crippen LogP contribution in [-0.2, 0) is 18.4 Å². The summed E-state index contributed by atoms with van der Waals surface area (Å²) in [7, 11) is 2.00. The molecular weight excluding hydrogens is 240 g/mol. The Balaban J connectivity index is 1.55. The van der Waals surface area contributed by atoms with E-state index >= 15 is 0 Å². The molecule has 2 aliphatic heterocycles. The van der Waals surface area contributed by atoms with Crippen molar-refractivity contribution in [2.75, 3.05) is 19.6 Å². The lowest BCUT2D eigenvalue weighted by molar-refractivity contribution is -0.125. The summed E-state index contributed by atoms with van der Waals surface area (Å²) in [5.74, 6) is 0.225. The minimum Gasteiger partial charge on any atom is -0.356 e. The Morgan fingerprint density at radius 3 is 2.74 bits per heavy atom. The highest BCUT2D eigenvalue weighted by molar-refractivity contribution is 5.76. The van der Waals surface area contributed by atoms with Crippen LogP contribution in [0.2, 0.25) is 0 Å². The number of hydrogen-bond donors (Lipinski definition) is 1. The van der Waals surface area contributed by atoms with Crippen LogP contribution in [-0.4, -0.2) is 40.2 Å². The van der Waals surface area contributed by atoms with E-state index in [2.05, 4.69) is 21.4 Å². The van der Waals surface area contributed by atoms with E-state index < -0.39 is 0 Å². The molecule has 0 aliphatic carbocycles. The van der Waals surface area contributed by atoms with Crippen LogP contribution in [0.25, 0.3) is 0 Å². The number of nitrogens with one attached hydrogen (secondary N) is 1. The molecule has 2 fully saturated rings. The summed E-state index contributed by atoms with van der Waals surface area (Å²) in [4.78, 5) is 13.8. The zero-order valence-corrected chi connectivity index (χ0v) is 11.6. The number of piperidine rings is 2. The first kappa shape index (κ1) is 12.7. The van der Waals surface area contributed by atoms with E-state index in [4.69, 9.17) is 0 Å². The number of aryl methyl sites for hydroxylation is 1. The Labute approximate surface area is 114 Å². The SMILES string of the molecule is Cn1nccc1CN1CCC2(CCC(=O)NC2)CC1. The third kappa shape index (κ3) is 2.66. The van der Waals surface area contributed by atoms with Crippen LogP contribution in [0.3, 0.4) is 0 Å². The molecule has 0 saturated carbocycles. The second-order valence-electron chi connectivity index (χ2n) is 6.00. The molecule has 1 aromatic heterocycles. The summed E-state index contributed by atoms with van der Waals surface area (Å²) in [5.41, 5.74) is 1.64. The van der Waals surface area contributed by atoms with Crippen molar-refractivity contribution in [1.29, 1.82) is 0 Å². The smallest absolute Gasteiger partial charge is 0.220 e. The highest BCUT2D eigenvalue weighted by Gasteiger charge is 2.37. The molecule has 3 rings (SSSR count). The van der Waals surface area contributed by atoms with Gasteiger partial charge in [-0.05, 0) is 43.8 Å². The van der Waals surface area contributed by atoms with Crippen LogP contribution in [0.4, 0.5) is 0 Å². The van der Waals surface area contributed by atoms with Gasteiger partial charge in [0.2, 0.25) is 5.91 Å². The van der Waals surface area contributed by atoms with E-state index in [-0.39, 0.29) is 5.91 Å². The lowest BCUT2D eigenvalue weighted by Crippen LogP contribution is -2.49. The number of carbonyl (C=O) groups excluding carboxylic acids is 1. The van der Waals surface area contributed by atoms with Gasteiger partial charge in [0.1, 0.15) is 0 Å². The van der Waals surface area contributed by atoms with Gasteiger partial charge in [-0.3, -0.25) is 14.4 Å². The fraction of sp³-hybridized carbons (Fsp3) is 0.714. The quantitative estimate of drug-likeness (QED) is 0.862. The third-order valence-corrected chi connectivity index (χ3v) is 4.77. The first-order valence-corrected chi connectivity index (χ1v) is 7.13. The average Bonchev–Trinajstić information content (AvgIpc) is 2.82. The number of hydrogen-bond acceptors (Lipinski definition) is 3. The molecule has 1 aromatic rings. The molecule has 5 nitrogen and oxygen atoms in total. The molecule has 0 unspecified atom stereocenters. The Hall–Kier alpha value is -1.36. The molecule has 0 aromatic carbocycles. The number of carbonyl (C=O) groups is 1. The second kappa shape index (κ2) is 4.96. The van der Waals surface area contributed by atoms with Crippen LogP contribution in [0.15, 0.2) is 12.3 Å². The Kier molecular flexibility index (Phi) is 3.31. The van der Waals surface area contributed by atoms with Crippen molar-refractivity contribution in [1.82, 2.24) is 20.0 Å². The minimum absolute atomic E-state index is 0.225. The van der Waals surface area contributed by atoms with E-state index in [9.17, 15) is 4.79 Å². The number of aromatic nitrogens is 2. The van der Waals surface area contributed by atoms with Crippen molar-refractivity contribution in [3.8, 4) is 0 Å². The highest BCUT2D eigenvalue weighted by Crippen LogP contribution is 2.37. The molecule has 0 bridgehead atoms. The lowest BCUT2D eigenvalue weighted by Gasteiger charge is -2.44. The molecule has 1 spiro atoms. The van der Waals surface area contributed by atoms with E-state index in [0.717, 1.165) is 32.6 Å². The van der Waals surface area contributed by atoms with E-state index in [1.165, 1.54) is 18.5 Å². The average molecular weight is 262 g/mol. The normalized spacial score (nSPS) is 23.5. The second-order valence-corrected chi connectivity index (χ2v) is 6.00. The summed E-state index contributed by atoms with van der Waals surface area (Å²) in [6, 6.07) is 2.09. The van der Waals surface area contributed by atoms with Crippen LogP contribution in [0, 0.1) is 5.41 Å². The summed E-state index contributed by atoms with van der Waals surface area (Å²) >= 11 is 0. The van der Waals surface area contributed by atoms with Crippen LogP contribution >= 0.6 is 0 Å². The molecule has 1 N–H and O–H groups in total.